The lowest BCUT2D eigenvalue weighted by atomic mass is 9.96. The molecule has 0 amide bonds. The number of hydrogen-bond donors (Lipinski definition) is 1. The van der Waals surface area contributed by atoms with Gasteiger partial charge in [-0.25, -0.2) is 0 Å². The Kier molecular flexibility index (Phi) is 6.88. The van der Waals surface area contributed by atoms with Crippen molar-refractivity contribution in [2.24, 2.45) is 0 Å². The van der Waals surface area contributed by atoms with E-state index in [1.807, 2.05) is 18.3 Å². The highest BCUT2D eigenvalue weighted by molar-refractivity contribution is 7.80. The van der Waals surface area contributed by atoms with Crippen LogP contribution in [0.4, 0.5) is 5.69 Å². The number of benzene rings is 1. The zero-order valence-electron chi connectivity index (χ0n) is 21.6. The molecule has 8 heteroatoms. The van der Waals surface area contributed by atoms with Gasteiger partial charge in [0.25, 0.3) is 0 Å². The van der Waals surface area contributed by atoms with Crippen LogP contribution >= 0.6 is 12.2 Å². The number of nitrogens with one attached hydrogen (secondary N) is 1. The molecule has 3 aromatic rings. The van der Waals surface area contributed by atoms with E-state index in [4.69, 9.17) is 26.7 Å². The van der Waals surface area contributed by atoms with Crippen LogP contribution < -0.4 is 10.2 Å². The topological polar surface area (TPSA) is 54.8 Å². The summed E-state index contributed by atoms with van der Waals surface area (Å²) in [5.74, 6) is 0. The summed E-state index contributed by atoms with van der Waals surface area (Å²) >= 11 is 5.89. The van der Waals surface area contributed by atoms with Crippen LogP contribution in [0.5, 0.6) is 0 Å². The first kappa shape index (κ1) is 24.4. The normalized spacial score (nSPS) is 24.1. The molecule has 0 unspecified atom stereocenters. The summed E-state index contributed by atoms with van der Waals surface area (Å²) < 4.78 is 13.9. The van der Waals surface area contributed by atoms with Gasteiger partial charge in [-0.2, -0.15) is 0 Å². The van der Waals surface area contributed by atoms with Crippen molar-refractivity contribution in [2.75, 3.05) is 44.4 Å². The number of rotatable bonds is 6. The van der Waals surface area contributed by atoms with Gasteiger partial charge >= 0.3 is 0 Å². The molecule has 3 fully saturated rings. The van der Waals surface area contributed by atoms with Crippen LogP contribution in [0, 0.1) is 13.8 Å². The van der Waals surface area contributed by atoms with Crippen molar-refractivity contribution < 1.29 is 9.47 Å². The number of morpholine rings is 1. The third kappa shape index (κ3) is 4.74. The first-order valence-corrected chi connectivity index (χ1v) is 13.7. The molecule has 6 rings (SSSR count). The van der Waals surface area contributed by atoms with Crippen molar-refractivity contribution in [3.63, 3.8) is 0 Å². The minimum Gasteiger partial charge on any atom is -0.378 e. The maximum absolute atomic E-state index is 6.02. The molecule has 37 heavy (non-hydrogen) atoms. The number of aromatic nitrogens is 2. The van der Waals surface area contributed by atoms with Gasteiger partial charge < -0.3 is 29.2 Å². The van der Waals surface area contributed by atoms with E-state index in [1.54, 1.807) is 0 Å². The second kappa shape index (κ2) is 10.4. The summed E-state index contributed by atoms with van der Waals surface area (Å²) in [5, 5.41) is 4.37. The van der Waals surface area contributed by atoms with Crippen LogP contribution in [-0.4, -0.2) is 65.1 Å². The smallest absolute Gasteiger partial charge is 0.170 e. The third-order valence-electron chi connectivity index (χ3n) is 7.90. The molecule has 7 nitrogen and oxygen atoms in total. The molecular weight excluding hydrogens is 482 g/mol. The van der Waals surface area contributed by atoms with Crippen LogP contribution in [0.2, 0.25) is 0 Å². The van der Waals surface area contributed by atoms with Crippen LogP contribution in [-0.2, 0) is 9.47 Å². The van der Waals surface area contributed by atoms with E-state index in [-0.39, 0.29) is 18.2 Å². The Labute approximate surface area is 224 Å². The molecule has 3 atom stereocenters. The van der Waals surface area contributed by atoms with Crippen molar-refractivity contribution in [2.45, 2.75) is 44.9 Å². The molecule has 0 radical (unpaired) electrons. The van der Waals surface area contributed by atoms with E-state index in [2.05, 4.69) is 69.9 Å². The predicted molar refractivity (Wildman–Crippen MR) is 149 cm³/mol. The molecule has 0 spiro atoms. The Hall–Kier alpha value is -2.94. The quantitative estimate of drug-likeness (QED) is 0.484. The molecular formula is C29H35N5O2S. The minimum atomic E-state index is -0.0206. The van der Waals surface area contributed by atoms with Crippen LogP contribution in [0.1, 0.15) is 47.6 Å². The molecule has 0 aliphatic carbocycles. The summed E-state index contributed by atoms with van der Waals surface area (Å²) in [4.78, 5) is 9.43. The second-order valence-corrected chi connectivity index (χ2v) is 10.6. The number of anilines is 1. The summed E-state index contributed by atoms with van der Waals surface area (Å²) in [6.07, 6.45) is 4.26. The monoisotopic (exact) mass is 517 g/mol. The Morgan fingerprint density at radius 1 is 1.03 bits per heavy atom. The fraction of sp³-hybridized carbons (Fsp3) is 0.448. The van der Waals surface area contributed by atoms with E-state index in [0.717, 1.165) is 63.1 Å². The van der Waals surface area contributed by atoms with E-state index in [1.165, 1.54) is 28.3 Å². The molecule has 3 aliphatic rings. The van der Waals surface area contributed by atoms with Crippen molar-refractivity contribution in [3.05, 3.63) is 77.4 Å². The average molecular weight is 518 g/mol. The highest BCUT2D eigenvalue weighted by Gasteiger charge is 2.42. The maximum Gasteiger partial charge on any atom is 0.170 e. The summed E-state index contributed by atoms with van der Waals surface area (Å²) in [5.41, 5.74) is 7.14. The molecule has 0 bridgehead atoms. The number of nitrogens with zero attached hydrogens (tertiary/aromatic N) is 4. The lowest BCUT2D eigenvalue weighted by Crippen LogP contribution is -2.36. The fourth-order valence-corrected chi connectivity index (χ4v) is 6.38. The van der Waals surface area contributed by atoms with Crippen molar-refractivity contribution in [1.29, 1.82) is 0 Å². The number of ether oxygens (including phenoxy) is 2. The summed E-state index contributed by atoms with van der Waals surface area (Å²) in [6.45, 7) is 9.49. The Morgan fingerprint density at radius 3 is 2.51 bits per heavy atom. The molecule has 3 saturated heterocycles. The molecule has 0 saturated carbocycles. The van der Waals surface area contributed by atoms with Crippen LogP contribution in [0.15, 0.2) is 54.7 Å². The lowest BCUT2D eigenvalue weighted by Gasteiger charge is -2.30. The van der Waals surface area contributed by atoms with Gasteiger partial charge in [0.2, 0.25) is 0 Å². The van der Waals surface area contributed by atoms with Crippen molar-refractivity contribution in [3.8, 4) is 5.69 Å². The van der Waals surface area contributed by atoms with Gasteiger partial charge in [-0.05, 0) is 86.9 Å². The van der Waals surface area contributed by atoms with Crippen LogP contribution in [0.25, 0.3) is 5.69 Å². The number of hydrogen-bond acceptors (Lipinski definition) is 5. The van der Waals surface area contributed by atoms with Crippen LogP contribution in [0.3, 0.4) is 0 Å². The fourth-order valence-electron chi connectivity index (χ4n) is 6.07. The van der Waals surface area contributed by atoms with E-state index < -0.39 is 0 Å². The molecule has 1 aromatic carbocycles. The van der Waals surface area contributed by atoms with Gasteiger partial charge in [0.15, 0.2) is 5.11 Å². The first-order valence-electron chi connectivity index (χ1n) is 13.3. The minimum absolute atomic E-state index is 0.0206. The largest absolute Gasteiger partial charge is 0.378 e. The first-order chi connectivity index (χ1) is 18.1. The van der Waals surface area contributed by atoms with E-state index >= 15 is 0 Å². The molecule has 3 aliphatic heterocycles. The standard InChI is InChI=1S/C29H35N5O2S/c1-20-18-25(21(2)34(20)23-10-8-22(9-11-23)32-13-16-35-17-14-32)28-27(26-7-3-4-12-30-26)31-29(37)33(28)19-24-6-5-15-36-24/h3-4,7-12,18,24,27-28H,5-6,13-17,19H2,1-2H3,(H,31,37)/t24-,27+,28+/m0/s1. The van der Waals surface area contributed by atoms with Crippen molar-refractivity contribution in [1.82, 2.24) is 19.8 Å². The number of thiocarbonyl (C=S) groups is 1. The van der Waals surface area contributed by atoms with Crippen molar-refractivity contribution >= 4 is 23.0 Å². The molecule has 5 heterocycles. The Bertz CT molecular complexity index is 1230. The zero-order valence-corrected chi connectivity index (χ0v) is 22.4. The highest BCUT2D eigenvalue weighted by atomic mass is 32.1. The van der Waals surface area contributed by atoms with Gasteiger partial charge in [-0.3, -0.25) is 4.98 Å². The van der Waals surface area contributed by atoms with E-state index in [9.17, 15) is 0 Å². The van der Waals surface area contributed by atoms with Gasteiger partial charge in [-0.1, -0.05) is 6.07 Å². The average Bonchev–Trinajstić information content (AvgIpc) is 3.64. The summed E-state index contributed by atoms with van der Waals surface area (Å²) in [7, 11) is 0. The number of aryl methyl sites for hydroxylation is 1. The van der Waals surface area contributed by atoms with Gasteiger partial charge in [0.1, 0.15) is 0 Å². The lowest BCUT2D eigenvalue weighted by molar-refractivity contribution is 0.0842. The maximum atomic E-state index is 6.02. The molecule has 1 N–H and O–H groups in total. The highest BCUT2D eigenvalue weighted by Crippen LogP contribution is 2.42. The number of pyridine rings is 1. The van der Waals surface area contributed by atoms with Gasteiger partial charge in [0, 0.05) is 55.2 Å². The Morgan fingerprint density at radius 2 is 1.81 bits per heavy atom. The van der Waals surface area contributed by atoms with E-state index in [0.29, 0.717) is 0 Å². The van der Waals surface area contributed by atoms with Gasteiger partial charge in [0.05, 0.1) is 37.1 Å². The summed E-state index contributed by atoms with van der Waals surface area (Å²) in [6, 6.07) is 17.4. The molecule has 2 aromatic heterocycles. The third-order valence-corrected chi connectivity index (χ3v) is 8.25. The molecule has 194 valence electrons. The Balaban J connectivity index is 1.35. The van der Waals surface area contributed by atoms with Gasteiger partial charge in [-0.15, -0.1) is 0 Å². The zero-order chi connectivity index (χ0) is 25.4. The second-order valence-electron chi connectivity index (χ2n) is 10.2. The SMILES string of the molecule is Cc1cc([C@@H]2[C@@H](c3ccccn3)NC(=S)N2C[C@@H]2CCCO2)c(C)n1-c1ccc(N2CCOCC2)cc1. The predicted octanol–water partition coefficient (Wildman–Crippen LogP) is 4.48.